The first-order valence-corrected chi connectivity index (χ1v) is 6.05. The number of nitrogens with one attached hydrogen (secondary N) is 1. The average Bonchev–Trinajstić information content (AvgIpc) is 2.41. The molecule has 5 heteroatoms. The number of phenolic OH excluding ortho intramolecular Hbond substituents is 2. The quantitative estimate of drug-likeness (QED) is 0.754. The maximum Gasteiger partial charge on any atom is 0.251 e. The SMILES string of the molecule is CC(NC(=O)c1ccc(O)c(O)c1)c1cccc(F)c1. The van der Waals surface area contributed by atoms with E-state index in [1.165, 1.54) is 30.3 Å². The first-order valence-electron chi connectivity index (χ1n) is 6.05. The van der Waals surface area contributed by atoms with Crippen LogP contribution in [0.25, 0.3) is 0 Å². The van der Waals surface area contributed by atoms with Crippen molar-refractivity contribution in [2.45, 2.75) is 13.0 Å². The van der Waals surface area contributed by atoms with Gasteiger partial charge < -0.3 is 15.5 Å². The summed E-state index contributed by atoms with van der Waals surface area (Å²) in [5.41, 5.74) is 0.852. The van der Waals surface area contributed by atoms with Gasteiger partial charge in [-0.2, -0.15) is 0 Å². The van der Waals surface area contributed by atoms with Crippen LogP contribution in [0.15, 0.2) is 42.5 Å². The lowest BCUT2D eigenvalue weighted by Gasteiger charge is -2.14. The minimum Gasteiger partial charge on any atom is -0.504 e. The van der Waals surface area contributed by atoms with Crippen LogP contribution < -0.4 is 5.32 Å². The van der Waals surface area contributed by atoms with Crippen molar-refractivity contribution in [3.63, 3.8) is 0 Å². The molecule has 3 N–H and O–H groups in total. The van der Waals surface area contributed by atoms with E-state index in [4.69, 9.17) is 0 Å². The van der Waals surface area contributed by atoms with Gasteiger partial charge in [0.2, 0.25) is 0 Å². The van der Waals surface area contributed by atoms with Crippen molar-refractivity contribution in [1.29, 1.82) is 0 Å². The average molecular weight is 275 g/mol. The lowest BCUT2D eigenvalue weighted by atomic mass is 10.1. The zero-order valence-electron chi connectivity index (χ0n) is 10.8. The summed E-state index contributed by atoms with van der Waals surface area (Å²) in [6.45, 7) is 1.73. The van der Waals surface area contributed by atoms with E-state index in [1.54, 1.807) is 19.1 Å². The van der Waals surface area contributed by atoms with Crippen molar-refractivity contribution in [3.8, 4) is 11.5 Å². The van der Waals surface area contributed by atoms with Crippen molar-refractivity contribution in [2.24, 2.45) is 0 Å². The highest BCUT2D eigenvalue weighted by atomic mass is 19.1. The molecule has 1 amide bonds. The highest BCUT2D eigenvalue weighted by molar-refractivity contribution is 5.95. The van der Waals surface area contributed by atoms with Crippen LogP contribution in [-0.4, -0.2) is 16.1 Å². The van der Waals surface area contributed by atoms with E-state index in [0.717, 1.165) is 0 Å². The summed E-state index contributed by atoms with van der Waals surface area (Å²) in [5, 5.41) is 21.2. The number of carbonyl (C=O) groups is 1. The van der Waals surface area contributed by atoms with Gasteiger partial charge in [0.1, 0.15) is 5.82 Å². The fourth-order valence-electron chi connectivity index (χ4n) is 1.80. The van der Waals surface area contributed by atoms with Gasteiger partial charge in [-0.25, -0.2) is 4.39 Å². The number of hydrogen-bond acceptors (Lipinski definition) is 3. The molecule has 2 aromatic carbocycles. The maximum atomic E-state index is 13.1. The first kappa shape index (κ1) is 13.9. The molecule has 0 saturated carbocycles. The fourth-order valence-corrected chi connectivity index (χ4v) is 1.80. The molecule has 0 aliphatic heterocycles. The Hall–Kier alpha value is -2.56. The van der Waals surface area contributed by atoms with E-state index in [0.29, 0.717) is 5.56 Å². The number of halogens is 1. The number of phenols is 2. The van der Waals surface area contributed by atoms with E-state index in [1.807, 2.05) is 0 Å². The summed E-state index contributed by atoms with van der Waals surface area (Å²) in [4.78, 5) is 12.0. The molecule has 4 nitrogen and oxygen atoms in total. The zero-order valence-corrected chi connectivity index (χ0v) is 10.8. The molecule has 0 aliphatic rings. The van der Waals surface area contributed by atoms with Gasteiger partial charge in [0.05, 0.1) is 6.04 Å². The Balaban J connectivity index is 2.13. The van der Waals surface area contributed by atoms with Crippen LogP contribution in [0.3, 0.4) is 0 Å². The minimum atomic E-state index is -0.419. The Kier molecular flexibility index (Phi) is 3.89. The Bertz CT molecular complexity index is 643. The fraction of sp³-hybridized carbons (Fsp3) is 0.133. The highest BCUT2D eigenvalue weighted by Crippen LogP contribution is 2.25. The smallest absolute Gasteiger partial charge is 0.251 e. The summed E-state index contributed by atoms with van der Waals surface area (Å²) < 4.78 is 13.1. The van der Waals surface area contributed by atoms with E-state index >= 15 is 0 Å². The number of hydrogen-bond donors (Lipinski definition) is 3. The van der Waals surface area contributed by atoms with Gasteiger partial charge in [-0.3, -0.25) is 4.79 Å². The Morgan fingerprint density at radius 3 is 2.55 bits per heavy atom. The third-order valence-corrected chi connectivity index (χ3v) is 2.93. The molecule has 1 atom stereocenters. The van der Waals surface area contributed by atoms with Gasteiger partial charge in [0.25, 0.3) is 5.91 Å². The summed E-state index contributed by atoms with van der Waals surface area (Å²) in [7, 11) is 0. The summed E-state index contributed by atoms with van der Waals surface area (Å²) in [6.07, 6.45) is 0. The van der Waals surface area contributed by atoms with Crippen LogP contribution in [-0.2, 0) is 0 Å². The van der Waals surface area contributed by atoms with Crippen molar-refractivity contribution in [1.82, 2.24) is 5.32 Å². The topological polar surface area (TPSA) is 69.6 Å². The molecule has 1 unspecified atom stereocenters. The molecular weight excluding hydrogens is 261 g/mol. The normalized spacial score (nSPS) is 11.9. The molecule has 20 heavy (non-hydrogen) atoms. The van der Waals surface area contributed by atoms with Gasteiger partial charge >= 0.3 is 0 Å². The summed E-state index contributed by atoms with van der Waals surface area (Å²) >= 11 is 0. The largest absolute Gasteiger partial charge is 0.504 e. The summed E-state index contributed by atoms with van der Waals surface area (Å²) in [5.74, 6) is -1.45. The number of carbonyl (C=O) groups excluding carboxylic acids is 1. The lowest BCUT2D eigenvalue weighted by Crippen LogP contribution is -2.26. The van der Waals surface area contributed by atoms with Crippen molar-refractivity contribution < 1.29 is 19.4 Å². The zero-order chi connectivity index (χ0) is 14.7. The number of amides is 1. The number of benzene rings is 2. The summed E-state index contributed by atoms with van der Waals surface area (Å²) in [6, 6.07) is 9.37. The highest BCUT2D eigenvalue weighted by Gasteiger charge is 2.13. The number of rotatable bonds is 3. The predicted octanol–water partition coefficient (Wildman–Crippen LogP) is 2.73. The third kappa shape index (κ3) is 3.06. The molecule has 0 heterocycles. The van der Waals surface area contributed by atoms with E-state index in [-0.39, 0.29) is 28.9 Å². The van der Waals surface area contributed by atoms with Crippen molar-refractivity contribution in [2.75, 3.05) is 0 Å². The second-order valence-electron chi connectivity index (χ2n) is 4.45. The first-order chi connectivity index (χ1) is 9.47. The van der Waals surface area contributed by atoms with Crippen LogP contribution in [0.4, 0.5) is 4.39 Å². The van der Waals surface area contributed by atoms with Crippen molar-refractivity contribution >= 4 is 5.91 Å². The van der Waals surface area contributed by atoms with E-state index in [9.17, 15) is 19.4 Å². The predicted molar refractivity (Wildman–Crippen MR) is 72.1 cm³/mol. The molecule has 2 rings (SSSR count). The number of aromatic hydroxyl groups is 2. The van der Waals surface area contributed by atoms with Gasteiger partial charge in [-0.05, 0) is 42.8 Å². The van der Waals surface area contributed by atoms with Crippen LogP contribution in [0.5, 0.6) is 11.5 Å². The lowest BCUT2D eigenvalue weighted by molar-refractivity contribution is 0.0939. The van der Waals surface area contributed by atoms with Crippen LogP contribution in [0.1, 0.15) is 28.9 Å². The van der Waals surface area contributed by atoms with Gasteiger partial charge in [0, 0.05) is 5.56 Å². The molecule has 0 aliphatic carbocycles. The van der Waals surface area contributed by atoms with Crippen LogP contribution in [0, 0.1) is 5.82 Å². The molecule has 0 radical (unpaired) electrons. The molecule has 104 valence electrons. The Labute approximate surface area is 115 Å². The van der Waals surface area contributed by atoms with Crippen LogP contribution in [0.2, 0.25) is 0 Å². The molecular formula is C15H14FNO3. The van der Waals surface area contributed by atoms with E-state index < -0.39 is 5.91 Å². The van der Waals surface area contributed by atoms with E-state index in [2.05, 4.69) is 5.32 Å². The monoisotopic (exact) mass is 275 g/mol. The standard InChI is InChI=1S/C15H14FNO3/c1-9(10-3-2-4-12(16)7-10)17-15(20)11-5-6-13(18)14(19)8-11/h2-9,18-19H,1H3,(H,17,20). The molecule has 0 saturated heterocycles. The maximum absolute atomic E-state index is 13.1. The molecule has 2 aromatic rings. The second-order valence-corrected chi connectivity index (χ2v) is 4.45. The van der Waals surface area contributed by atoms with Gasteiger partial charge in [-0.1, -0.05) is 12.1 Å². The second kappa shape index (κ2) is 5.61. The Morgan fingerprint density at radius 2 is 1.90 bits per heavy atom. The van der Waals surface area contributed by atoms with Crippen molar-refractivity contribution in [3.05, 3.63) is 59.4 Å². The molecule has 0 bridgehead atoms. The molecule has 0 spiro atoms. The van der Waals surface area contributed by atoms with Gasteiger partial charge in [0.15, 0.2) is 11.5 Å². The third-order valence-electron chi connectivity index (χ3n) is 2.93. The molecule has 0 aromatic heterocycles. The molecule has 0 fully saturated rings. The van der Waals surface area contributed by atoms with Gasteiger partial charge in [-0.15, -0.1) is 0 Å². The Morgan fingerprint density at radius 1 is 1.15 bits per heavy atom. The van der Waals surface area contributed by atoms with Crippen LogP contribution >= 0.6 is 0 Å². The minimum absolute atomic E-state index is 0.212.